The number of carbonyl (C=O) groups is 2. The lowest BCUT2D eigenvalue weighted by atomic mass is 10.1. The van der Waals surface area contributed by atoms with E-state index in [1.54, 1.807) is 13.8 Å². The Bertz CT molecular complexity index is 385. The molecule has 0 aliphatic heterocycles. The molecule has 0 radical (unpaired) electrons. The van der Waals surface area contributed by atoms with Crippen LogP contribution in [0, 0.1) is 0 Å². The molecular formula is C18H30O4. The molecule has 0 bridgehead atoms. The SMILES string of the molecule is C=C(C)C(=O)OCC(CCCCCCCC)OC(=O)C(=C)C. The summed E-state index contributed by atoms with van der Waals surface area (Å²) in [6.07, 6.45) is 7.20. The monoisotopic (exact) mass is 310 g/mol. The van der Waals surface area contributed by atoms with Gasteiger partial charge in [-0.05, 0) is 26.7 Å². The quantitative estimate of drug-likeness (QED) is 0.305. The average Bonchev–Trinajstić information content (AvgIpc) is 2.47. The minimum atomic E-state index is -0.459. The minimum Gasteiger partial charge on any atom is -0.458 e. The first-order valence-electron chi connectivity index (χ1n) is 8.07. The van der Waals surface area contributed by atoms with Gasteiger partial charge in [0.05, 0.1) is 0 Å². The number of hydrogen-bond donors (Lipinski definition) is 0. The van der Waals surface area contributed by atoms with Crippen molar-refractivity contribution in [2.24, 2.45) is 0 Å². The molecule has 0 aliphatic carbocycles. The van der Waals surface area contributed by atoms with E-state index in [2.05, 4.69) is 20.1 Å². The van der Waals surface area contributed by atoms with Crippen molar-refractivity contribution in [3.05, 3.63) is 24.3 Å². The van der Waals surface area contributed by atoms with Gasteiger partial charge in [-0.25, -0.2) is 9.59 Å². The first kappa shape index (κ1) is 20.4. The fourth-order valence-electron chi connectivity index (χ4n) is 1.87. The van der Waals surface area contributed by atoms with Gasteiger partial charge < -0.3 is 9.47 Å². The second-order valence-corrected chi connectivity index (χ2v) is 5.74. The summed E-state index contributed by atoms with van der Waals surface area (Å²) in [7, 11) is 0. The molecule has 22 heavy (non-hydrogen) atoms. The molecule has 1 atom stereocenters. The maximum Gasteiger partial charge on any atom is 0.333 e. The maximum absolute atomic E-state index is 11.6. The molecule has 4 nitrogen and oxygen atoms in total. The van der Waals surface area contributed by atoms with Gasteiger partial charge in [0, 0.05) is 11.1 Å². The molecule has 0 aromatic rings. The van der Waals surface area contributed by atoms with Gasteiger partial charge in [-0.2, -0.15) is 0 Å². The van der Waals surface area contributed by atoms with Crippen LogP contribution >= 0.6 is 0 Å². The predicted molar refractivity (Wildman–Crippen MR) is 88.5 cm³/mol. The zero-order valence-corrected chi connectivity index (χ0v) is 14.3. The van der Waals surface area contributed by atoms with Crippen LogP contribution in [0.3, 0.4) is 0 Å². The van der Waals surface area contributed by atoms with Crippen LogP contribution in [0.5, 0.6) is 0 Å². The van der Waals surface area contributed by atoms with E-state index >= 15 is 0 Å². The van der Waals surface area contributed by atoms with E-state index in [9.17, 15) is 9.59 Å². The van der Waals surface area contributed by atoms with E-state index in [4.69, 9.17) is 9.47 Å². The highest BCUT2D eigenvalue weighted by Gasteiger charge is 2.17. The molecule has 4 heteroatoms. The summed E-state index contributed by atoms with van der Waals surface area (Å²) in [4.78, 5) is 23.1. The molecule has 0 amide bonds. The Labute approximate surface area is 134 Å². The second kappa shape index (κ2) is 12.0. The summed E-state index contributed by atoms with van der Waals surface area (Å²) in [6.45, 7) is 12.5. The lowest BCUT2D eigenvalue weighted by molar-refractivity contribution is -0.154. The molecule has 0 aromatic heterocycles. The Morgan fingerprint density at radius 3 is 2.00 bits per heavy atom. The van der Waals surface area contributed by atoms with Gasteiger partial charge in [0.1, 0.15) is 12.7 Å². The van der Waals surface area contributed by atoms with Crippen molar-refractivity contribution < 1.29 is 19.1 Å². The van der Waals surface area contributed by atoms with E-state index in [-0.39, 0.29) is 6.61 Å². The van der Waals surface area contributed by atoms with Crippen molar-refractivity contribution in [2.75, 3.05) is 6.61 Å². The zero-order valence-electron chi connectivity index (χ0n) is 14.3. The van der Waals surface area contributed by atoms with Gasteiger partial charge in [-0.1, -0.05) is 52.2 Å². The van der Waals surface area contributed by atoms with Gasteiger partial charge in [0.2, 0.25) is 0 Å². The number of ether oxygens (including phenoxy) is 2. The molecule has 0 fully saturated rings. The fraction of sp³-hybridized carbons (Fsp3) is 0.667. The van der Waals surface area contributed by atoms with Gasteiger partial charge in [0.25, 0.3) is 0 Å². The predicted octanol–water partition coefficient (Wildman–Crippen LogP) is 4.34. The molecule has 1 unspecified atom stereocenters. The van der Waals surface area contributed by atoms with E-state index in [1.165, 1.54) is 25.7 Å². The molecule has 0 aromatic carbocycles. The van der Waals surface area contributed by atoms with E-state index < -0.39 is 18.0 Å². The van der Waals surface area contributed by atoms with Gasteiger partial charge in [0.15, 0.2) is 0 Å². The Morgan fingerprint density at radius 1 is 0.909 bits per heavy atom. The van der Waals surface area contributed by atoms with Crippen LogP contribution in [0.2, 0.25) is 0 Å². The Balaban J connectivity index is 4.22. The summed E-state index contributed by atoms with van der Waals surface area (Å²) < 4.78 is 10.4. The number of rotatable bonds is 12. The molecule has 0 spiro atoms. The highest BCUT2D eigenvalue weighted by molar-refractivity contribution is 5.87. The zero-order chi connectivity index (χ0) is 17.0. The van der Waals surface area contributed by atoms with Gasteiger partial charge in [-0.3, -0.25) is 0 Å². The third kappa shape index (κ3) is 10.2. The summed E-state index contributed by atoms with van der Waals surface area (Å²) in [5.74, 6) is -0.901. The molecule has 126 valence electrons. The summed E-state index contributed by atoms with van der Waals surface area (Å²) in [5, 5.41) is 0. The fourth-order valence-corrected chi connectivity index (χ4v) is 1.87. The molecule has 0 saturated carbocycles. The van der Waals surface area contributed by atoms with Gasteiger partial charge in [-0.15, -0.1) is 0 Å². The topological polar surface area (TPSA) is 52.6 Å². The van der Waals surface area contributed by atoms with Crippen LogP contribution in [0.25, 0.3) is 0 Å². The molecule has 0 N–H and O–H groups in total. The highest BCUT2D eigenvalue weighted by Crippen LogP contribution is 2.12. The Kier molecular flexibility index (Phi) is 11.2. The van der Waals surface area contributed by atoms with Crippen molar-refractivity contribution >= 4 is 11.9 Å². The third-order valence-corrected chi connectivity index (χ3v) is 3.25. The van der Waals surface area contributed by atoms with Gasteiger partial charge >= 0.3 is 11.9 Å². The van der Waals surface area contributed by atoms with Crippen molar-refractivity contribution in [1.29, 1.82) is 0 Å². The number of unbranched alkanes of at least 4 members (excludes halogenated alkanes) is 5. The van der Waals surface area contributed by atoms with Crippen LogP contribution in [-0.4, -0.2) is 24.6 Å². The first-order valence-corrected chi connectivity index (χ1v) is 8.07. The van der Waals surface area contributed by atoms with Crippen LogP contribution in [0.4, 0.5) is 0 Å². The van der Waals surface area contributed by atoms with E-state index in [0.717, 1.165) is 12.8 Å². The molecule has 0 rings (SSSR count). The number of hydrogen-bond acceptors (Lipinski definition) is 4. The lowest BCUT2D eigenvalue weighted by Crippen LogP contribution is -2.25. The summed E-state index contributed by atoms with van der Waals surface area (Å²) in [5.41, 5.74) is 0.684. The Hall–Kier alpha value is -1.58. The molecule has 0 heterocycles. The number of esters is 2. The first-order chi connectivity index (χ1) is 10.4. The average molecular weight is 310 g/mol. The van der Waals surface area contributed by atoms with Crippen molar-refractivity contribution in [3.63, 3.8) is 0 Å². The number of carbonyl (C=O) groups excluding carboxylic acids is 2. The highest BCUT2D eigenvalue weighted by atomic mass is 16.6. The van der Waals surface area contributed by atoms with Crippen LogP contribution in [0.15, 0.2) is 24.3 Å². The van der Waals surface area contributed by atoms with Crippen LogP contribution in [0.1, 0.15) is 65.7 Å². The molecular weight excluding hydrogens is 280 g/mol. The van der Waals surface area contributed by atoms with Crippen LogP contribution < -0.4 is 0 Å². The third-order valence-electron chi connectivity index (χ3n) is 3.25. The second-order valence-electron chi connectivity index (χ2n) is 5.74. The smallest absolute Gasteiger partial charge is 0.333 e. The van der Waals surface area contributed by atoms with E-state index in [1.807, 2.05) is 0 Å². The largest absolute Gasteiger partial charge is 0.458 e. The minimum absolute atomic E-state index is 0.0691. The maximum atomic E-state index is 11.6. The standard InChI is InChI=1S/C18H30O4/c1-6-7-8-9-10-11-12-16(22-18(20)15(4)5)13-21-17(19)14(2)3/h16H,2,4,6-13H2,1,3,5H3. The summed E-state index contributed by atoms with van der Waals surface area (Å²) in [6, 6.07) is 0. The van der Waals surface area contributed by atoms with E-state index in [0.29, 0.717) is 17.6 Å². The lowest BCUT2D eigenvalue weighted by Gasteiger charge is -2.18. The Morgan fingerprint density at radius 2 is 1.45 bits per heavy atom. The van der Waals surface area contributed by atoms with Crippen LogP contribution in [-0.2, 0) is 19.1 Å². The normalized spacial score (nSPS) is 11.6. The van der Waals surface area contributed by atoms with Crippen molar-refractivity contribution in [3.8, 4) is 0 Å². The molecule has 0 saturated heterocycles. The van der Waals surface area contributed by atoms with Crippen molar-refractivity contribution in [1.82, 2.24) is 0 Å². The molecule has 0 aliphatic rings. The van der Waals surface area contributed by atoms with Crippen molar-refractivity contribution in [2.45, 2.75) is 71.8 Å². The summed E-state index contributed by atoms with van der Waals surface area (Å²) >= 11 is 0.